The van der Waals surface area contributed by atoms with Gasteiger partial charge in [0.25, 0.3) is 0 Å². The number of rotatable bonds is 1. The highest BCUT2D eigenvalue weighted by molar-refractivity contribution is 5.32. The molecule has 1 aliphatic carbocycles. The highest BCUT2D eigenvalue weighted by Crippen LogP contribution is 2.13. The fourth-order valence-electron chi connectivity index (χ4n) is 0.922. The van der Waals surface area contributed by atoms with Crippen molar-refractivity contribution >= 4 is 0 Å². The highest BCUT2D eigenvalue weighted by atomic mass is 19.1. The van der Waals surface area contributed by atoms with Crippen LogP contribution >= 0.6 is 0 Å². The zero-order valence-electron chi connectivity index (χ0n) is 6.67. The molecule has 0 N–H and O–H groups in total. The van der Waals surface area contributed by atoms with Crippen LogP contribution in [0.25, 0.3) is 0 Å². The Morgan fingerprint density at radius 3 is 2.64 bits per heavy atom. The standard InChI is InChI=1S/C9H11FO/c1-7-3-4-8(10)5-6-9(7)11-2/h3-6,8H,1-2H3. The Morgan fingerprint density at radius 1 is 1.36 bits per heavy atom. The first kappa shape index (κ1) is 8.05. The van der Waals surface area contributed by atoms with Crippen LogP contribution in [0.3, 0.4) is 0 Å². The molecular formula is C9H11FO. The zero-order valence-corrected chi connectivity index (χ0v) is 6.67. The third kappa shape index (κ3) is 1.93. The monoisotopic (exact) mass is 154 g/mol. The van der Waals surface area contributed by atoms with Gasteiger partial charge in [-0.1, -0.05) is 6.08 Å². The molecule has 11 heavy (non-hydrogen) atoms. The van der Waals surface area contributed by atoms with Gasteiger partial charge < -0.3 is 4.74 Å². The second kappa shape index (κ2) is 3.37. The molecule has 1 nitrogen and oxygen atoms in total. The fourth-order valence-corrected chi connectivity index (χ4v) is 0.922. The van der Waals surface area contributed by atoms with E-state index in [0.29, 0.717) is 0 Å². The van der Waals surface area contributed by atoms with Gasteiger partial charge in [0.1, 0.15) is 11.9 Å². The quantitative estimate of drug-likeness (QED) is 0.563. The smallest absolute Gasteiger partial charge is 0.137 e. The maximum atomic E-state index is 12.7. The van der Waals surface area contributed by atoms with Gasteiger partial charge in [-0.05, 0) is 30.7 Å². The molecule has 0 fully saturated rings. The molecule has 0 saturated carbocycles. The summed E-state index contributed by atoms with van der Waals surface area (Å²) < 4.78 is 17.7. The van der Waals surface area contributed by atoms with Crippen LogP contribution in [0.5, 0.6) is 0 Å². The first-order chi connectivity index (χ1) is 5.24. The van der Waals surface area contributed by atoms with E-state index in [2.05, 4.69) is 0 Å². The van der Waals surface area contributed by atoms with Crippen LogP contribution in [0, 0.1) is 0 Å². The maximum Gasteiger partial charge on any atom is 0.137 e. The Kier molecular flexibility index (Phi) is 2.47. The molecule has 0 amide bonds. The van der Waals surface area contributed by atoms with E-state index in [-0.39, 0.29) is 0 Å². The van der Waals surface area contributed by atoms with Crippen molar-refractivity contribution in [2.24, 2.45) is 0 Å². The highest BCUT2D eigenvalue weighted by Gasteiger charge is 2.03. The van der Waals surface area contributed by atoms with Crippen LogP contribution in [-0.4, -0.2) is 13.3 Å². The average Bonchev–Trinajstić information content (AvgIpc) is 2.15. The minimum atomic E-state index is -0.988. The topological polar surface area (TPSA) is 9.23 Å². The van der Waals surface area contributed by atoms with Gasteiger partial charge in [0, 0.05) is 0 Å². The van der Waals surface area contributed by atoms with Gasteiger partial charge in [0.05, 0.1) is 7.11 Å². The lowest BCUT2D eigenvalue weighted by atomic mass is 10.2. The summed E-state index contributed by atoms with van der Waals surface area (Å²) in [6.07, 6.45) is 5.35. The molecule has 1 aliphatic rings. The van der Waals surface area contributed by atoms with Crippen molar-refractivity contribution in [3.63, 3.8) is 0 Å². The number of hydrogen-bond acceptors (Lipinski definition) is 1. The lowest BCUT2D eigenvalue weighted by molar-refractivity contribution is 0.303. The number of alkyl halides is 1. The van der Waals surface area contributed by atoms with Gasteiger partial charge in [-0.2, -0.15) is 0 Å². The second-order valence-corrected chi connectivity index (χ2v) is 2.41. The van der Waals surface area contributed by atoms with Crippen LogP contribution in [-0.2, 0) is 4.74 Å². The van der Waals surface area contributed by atoms with E-state index >= 15 is 0 Å². The van der Waals surface area contributed by atoms with Crippen molar-refractivity contribution in [3.05, 3.63) is 35.6 Å². The molecule has 0 aromatic rings. The maximum absolute atomic E-state index is 12.7. The molecule has 1 unspecified atom stereocenters. The Hall–Kier alpha value is -1.05. The third-order valence-electron chi connectivity index (χ3n) is 1.57. The summed E-state index contributed by atoms with van der Waals surface area (Å²) in [6.45, 7) is 1.89. The Morgan fingerprint density at radius 2 is 2.00 bits per heavy atom. The predicted octanol–water partition coefficient (Wildman–Crippen LogP) is 2.37. The summed E-state index contributed by atoms with van der Waals surface area (Å²) in [5, 5.41) is 0. The van der Waals surface area contributed by atoms with E-state index in [1.807, 2.05) is 6.92 Å². The minimum absolute atomic E-state index is 0.724. The van der Waals surface area contributed by atoms with E-state index in [1.165, 1.54) is 12.2 Å². The third-order valence-corrected chi connectivity index (χ3v) is 1.57. The van der Waals surface area contributed by atoms with E-state index < -0.39 is 6.17 Å². The summed E-state index contributed by atoms with van der Waals surface area (Å²) in [4.78, 5) is 0. The minimum Gasteiger partial charge on any atom is -0.496 e. The van der Waals surface area contributed by atoms with Crippen LogP contribution in [0.1, 0.15) is 6.92 Å². The number of allylic oxidation sites excluding steroid dienone is 5. The molecule has 0 heterocycles. The molecule has 1 atom stereocenters. The molecule has 0 spiro atoms. The summed E-state index contributed by atoms with van der Waals surface area (Å²) in [5.41, 5.74) is 0.948. The van der Waals surface area contributed by atoms with Gasteiger partial charge in [-0.3, -0.25) is 0 Å². The van der Waals surface area contributed by atoms with Crippen molar-refractivity contribution in [3.8, 4) is 0 Å². The van der Waals surface area contributed by atoms with Crippen molar-refractivity contribution in [1.82, 2.24) is 0 Å². The molecule has 60 valence electrons. The molecule has 0 aromatic heterocycles. The van der Waals surface area contributed by atoms with Gasteiger partial charge >= 0.3 is 0 Å². The number of methoxy groups -OCH3 is 1. The molecule has 1 rings (SSSR count). The summed E-state index contributed by atoms with van der Waals surface area (Å²) in [5.74, 6) is 0.724. The normalized spacial score (nSPS) is 23.7. The zero-order chi connectivity index (χ0) is 8.27. The summed E-state index contributed by atoms with van der Waals surface area (Å²) in [7, 11) is 1.58. The van der Waals surface area contributed by atoms with Gasteiger partial charge in [-0.15, -0.1) is 0 Å². The lowest BCUT2D eigenvalue weighted by Crippen LogP contribution is -1.86. The summed E-state index contributed by atoms with van der Waals surface area (Å²) >= 11 is 0. The Balaban J connectivity index is 2.90. The molecule has 0 aliphatic heterocycles. The number of hydrogen-bond donors (Lipinski definition) is 0. The van der Waals surface area contributed by atoms with Crippen LogP contribution in [0.4, 0.5) is 4.39 Å². The van der Waals surface area contributed by atoms with Gasteiger partial charge in [0.15, 0.2) is 0 Å². The van der Waals surface area contributed by atoms with E-state index in [0.717, 1.165) is 11.3 Å². The van der Waals surface area contributed by atoms with Gasteiger partial charge in [0.2, 0.25) is 0 Å². The Labute approximate surface area is 65.9 Å². The lowest BCUT2D eigenvalue weighted by Gasteiger charge is -2.00. The van der Waals surface area contributed by atoms with Crippen LogP contribution < -0.4 is 0 Å². The molecule has 2 heteroatoms. The van der Waals surface area contributed by atoms with Crippen molar-refractivity contribution < 1.29 is 9.13 Å². The molecular weight excluding hydrogens is 143 g/mol. The molecule has 0 aromatic carbocycles. The average molecular weight is 154 g/mol. The largest absolute Gasteiger partial charge is 0.496 e. The van der Waals surface area contributed by atoms with E-state index in [1.54, 1.807) is 19.3 Å². The number of halogens is 1. The molecule has 0 bridgehead atoms. The van der Waals surface area contributed by atoms with E-state index in [9.17, 15) is 4.39 Å². The van der Waals surface area contributed by atoms with Gasteiger partial charge in [-0.25, -0.2) is 4.39 Å². The molecule has 0 saturated heterocycles. The SMILES string of the molecule is COC1=C(C)C=CC(F)C=C1. The first-order valence-electron chi connectivity index (χ1n) is 3.49. The Bertz CT molecular complexity index is 226. The van der Waals surface area contributed by atoms with Crippen LogP contribution in [0.15, 0.2) is 35.6 Å². The first-order valence-corrected chi connectivity index (χ1v) is 3.49. The van der Waals surface area contributed by atoms with E-state index in [4.69, 9.17) is 4.74 Å². The van der Waals surface area contributed by atoms with Crippen molar-refractivity contribution in [1.29, 1.82) is 0 Å². The second-order valence-electron chi connectivity index (χ2n) is 2.41. The molecule has 0 radical (unpaired) electrons. The van der Waals surface area contributed by atoms with Crippen LogP contribution in [0.2, 0.25) is 0 Å². The van der Waals surface area contributed by atoms with Crippen molar-refractivity contribution in [2.45, 2.75) is 13.1 Å². The summed E-state index contributed by atoms with van der Waals surface area (Å²) in [6, 6.07) is 0. The fraction of sp³-hybridized carbons (Fsp3) is 0.333. The van der Waals surface area contributed by atoms with Crippen molar-refractivity contribution in [2.75, 3.05) is 7.11 Å². The predicted molar refractivity (Wildman–Crippen MR) is 42.9 cm³/mol. The number of ether oxygens (including phenoxy) is 1.